The van der Waals surface area contributed by atoms with Gasteiger partial charge in [-0.25, -0.2) is 0 Å². The van der Waals surface area contributed by atoms with Crippen LogP contribution in [0.3, 0.4) is 0 Å². The number of hydrogen-bond donors (Lipinski definition) is 2. The van der Waals surface area contributed by atoms with Crippen LogP contribution in [-0.2, 0) is 0 Å². The summed E-state index contributed by atoms with van der Waals surface area (Å²) in [4.78, 5) is 26.2. The zero-order chi connectivity index (χ0) is 16.8. The summed E-state index contributed by atoms with van der Waals surface area (Å²) in [7, 11) is 1.61. The van der Waals surface area contributed by atoms with Crippen LogP contribution in [0.25, 0.3) is 0 Å². The predicted molar refractivity (Wildman–Crippen MR) is 95.7 cm³/mol. The summed E-state index contributed by atoms with van der Waals surface area (Å²) in [6, 6.07) is 10.2. The van der Waals surface area contributed by atoms with Crippen LogP contribution in [0, 0.1) is 5.92 Å². The van der Waals surface area contributed by atoms with Crippen molar-refractivity contribution in [3.8, 4) is 0 Å². The smallest absolute Gasteiger partial charge is 0.293 e. The predicted octanol–water partition coefficient (Wildman–Crippen LogP) is 2.30. The molecule has 1 aromatic carbocycles. The molecule has 1 atom stereocenters. The molecular formula is C17H22ClN3O3. The molecule has 3 N–H and O–H groups in total. The molecule has 2 rings (SSSR count). The number of nitrogens with two attached hydrogens (primary N) is 1. The Kier molecular flexibility index (Phi) is 7.48. The van der Waals surface area contributed by atoms with Crippen molar-refractivity contribution in [1.82, 2.24) is 5.32 Å². The van der Waals surface area contributed by atoms with E-state index in [0.717, 1.165) is 0 Å². The van der Waals surface area contributed by atoms with Gasteiger partial charge in [0.1, 0.15) is 0 Å². The highest BCUT2D eigenvalue weighted by Gasteiger charge is 2.21. The van der Waals surface area contributed by atoms with E-state index >= 15 is 0 Å². The molecule has 0 aliphatic rings. The second-order valence-corrected chi connectivity index (χ2v) is 5.41. The molecule has 0 saturated carbocycles. The van der Waals surface area contributed by atoms with Gasteiger partial charge in [-0.3, -0.25) is 9.59 Å². The van der Waals surface area contributed by atoms with Crippen molar-refractivity contribution in [2.24, 2.45) is 11.7 Å². The molecule has 0 bridgehead atoms. The van der Waals surface area contributed by atoms with E-state index in [2.05, 4.69) is 5.32 Å². The van der Waals surface area contributed by atoms with Gasteiger partial charge in [-0.05, 0) is 36.7 Å². The third-order valence-electron chi connectivity index (χ3n) is 3.56. The highest BCUT2D eigenvalue weighted by atomic mass is 35.5. The van der Waals surface area contributed by atoms with E-state index in [0.29, 0.717) is 24.3 Å². The second kappa shape index (κ2) is 9.10. The molecule has 2 aromatic rings. The lowest BCUT2D eigenvalue weighted by molar-refractivity contribution is 0.0948. The summed E-state index contributed by atoms with van der Waals surface area (Å²) >= 11 is 0. The number of carbonyl (C=O) groups excluding carboxylic acids is 2. The molecule has 0 saturated heterocycles. The number of para-hydroxylation sites is 1. The maximum Gasteiger partial charge on any atom is 0.293 e. The van der Waals surface area contributed by atoms with Crippen LogP contribution in [0.5, 0.6) is 0 Å². The van der Waals surface area contributed by atoms with E-state index < -0.39 is 0 Å². The van der Waals surface area contributed by atoms with Crippen LogP contribution < -0.4 is 16.0 Å². The molecule has 0 radical (unpaired) electrons. The fourth-order valence-electron chi connectivity index (χ4n) is 2.08. The Balaban J connectivity index is 0.00000288. The maximum atomic E-state index is 12.4. The summed E-state index contributed by atoms with van der Waals surface area (Å²) in [5.74, 6) is -0.140. The largest absolute Gasteiger partial charge is 0.459 e. The van der Waals surface area contributed by atoms with Crippen LogP contribution in [0.1, 0.15) is 27.8 Å². The summed E-state index contributed by atoms with van der Waals surface area (Å²) in [5, 5.41) is 2.84. The first kappa shape index (κ1) is 19.7. The summed E-state index contributed by atoms with van der Waals surface area (Å²) in [6.07, 6.45) is 1.44. The number of benzene rings is 1. The lowest BCUT2D eigenvalue weighted by atomic mass is 10.1. The van der Waals surface area contributed by atoms with Gasteiger partial charge in [0, 0.05) is 13.6 Å². The lowest BCUT2D eigenvalue weighted by Gasteiger charge is -2.20. The molecule has 6 nitrogen and oxygen atoms in total. The second-order valence-electron chi connectivity index (χ2n) is 5.41. The fourth-order valence-corrected chi connectivity index (χ4v) is 2.08. The third-order valence-corrected chi connectivity index (χ3v) is 3.56. The first-order valence-corrected chi connectivity index (χ1v) is 7.43. The van der Waals surface area contributed by atoms with Crippen molar-refractivity contribution >= 4 is 29.9 Å². The molecule has 1 heterocycles. The molecule has 0 spiro atoms. The van der Waals surface area contributed by atoms with Crippen molar-refractivity contribution in [3.63, 3.8) is 0 Å². The molecular weight excluding hydrogens is 330 g/mol. The molecule has 1 aromatic heterocycles. The molecule has 1 unspecified atom stereocenters. The van der Waals surface area contributed by atoms with Gasteiger partial charge >= 0.3 is 0 Å². The van der Waals surface area contributed by atoms with Crippen LogP contribution in [0.4, 0.5) is 5.69 Å². The molecule has 0 aliphatic heterocycles. The van der Waals surface area contributed by atoms with Crippen LogP contribution in [0.15, 0.2) is 47.1 Å². The molecule has 24 heavy (non-hydrogen) atoms. The number of nitrogens with zero attached hydrogens (tertiary/aromatic N) is 1. The van der Waals surface area contributed by atoms with Crippen molar-refractivity contribution < 1.29 is 14.0 Å². The van der Waals surface area contributed by atoms with Gasteiger partial charge in [-0.2, -0.15) is 0 Å². The minimum Gasteiger partial charge on any atom is -0.459 e. The van der Waals surface area contributed by atoms with E-state index in [1.165, 1.54) is 11.2 Å². The van der Waals surface area contributed by atoms with Crippen molar-refractivity contribution in [3.05, 3.63) is 54.0 Å². The Morgan fingerprint density at radius 2 is 1.96 bits per heavy atom. The SMILES string of the molecule is CC(CN)CNC(=O)c1ccccc1N(C)C(=O)c1ccco1.Cl. The zero-order valence-corrected chi connectivity index (χ0v) is 14.5. The average Bonchev–Trinajstić information content (AvgIpc) is 3.12. The van der Waals surface area contributed by atoms with Gasteiger partial charge < -0.3 is 20.4 Å². The lowest BCUT2D eigenvalue weighted by Crippen LogP contribution is -2.33. The highest BCUT2D eigenvalue weighted by molar-refractivity contribution is 6.09. The topological polar surface area (TPSA) is 88.6 Å². The summed E-state index contributed by atoms with van der Waals surface area (Å²) in [5.41, 5.74) is 6.50. The number of rotatable bonds is 6. The number of halogens is 1. The molecule has 7 heteroatoms. The first-order chi connectivity index (χ1) is 11.0. The Morgan fingerprint density at radius 3 is 2.58 bits per heavy atom. The number of hydrogen-bond acceptors (Lipinski definition) is 4. The normalized spacial score (nSPS) is 11.3. The number of furan rings is 1. The van der Waals surface area contributed by atoms with E-state index in [-0.39, 0.29) is 35.9 Å². The first-order valence-electron chi connectivity index (χ1n) is 7.43. The molecule has 0 aliphatic carbocycles. The highest BCUT2D eigenvalue weighted by Crippen LogP contribution is 2.21. The van der Waals surface area contributed by atoms with Gasteiger partial charge in [-0.1, -0.05) is 19.1 Å². The molecule has 2 amide bonds. The van der Waals surface area contributed by atoms with Gasteiger partial charge in [0.25, 0.3) is 11.8 Å². The van der Waals surface area contributed by atoms with Crippen molar-refractivity contribution in [2.45, 2.75) is 6.92 Å². The van der Waals surface area contributed by atoms with Crippen LogP contribution in [0.2, 0.25) is 0 Å². The number of nitrogens with one attached hydrogen (secondary N) is 1. The minimum atomic E-state index is -0.314. The van der Waals surface area contributed by atoms with E-state index in [9.17, 15) is 9.59 Å². The Hall–Kier alpha value is -2.31. The van der Waals surface area contributed by atoms with Crippen molar-refractivity contribution in [1.29, 1.82) is 0 Å². The summed E-state index contributed by atoms with van der Waals surface area (Å²) < 4.78 is 5.13. The Morgan fingerprint density at radius 1 is 1.25 bits per heavy atom. The zero-order valence-electron chi connectivity index (χ0n) is 13.7. The fraction of sp³-hybridized carbons (Fsp3) is 0.294. The van der Waals surface area contributed by atoms with Crippen LogP contribution >= 0.6 is 12.4 Å². The minimum absolute atomic E-state index is 0. The average molecular weight is 352 g/mol. The number of anilines is 1. The maximum absolute atomic E-state index is 12.4. The standard InChI is InChI=1S/C17H21N3O3.ClH/c1-12(10-18)11-19-16(21)13-6-3-4-7-14(13)20(2)17(22)15-8-5-9-23-15;/h3-9,12H,10-11,18H2,1-2H3,(H,19,21);1H. The Bertz CT molecular complexity index is 673. The third kappa shape index (κ3) is 4.59. The van der Waals surface area contributed by atoms with Crippen LogP contribution in [-0.4, -0.2) is 32.0 Å². The van der Waals surface area contributed by atoms with Gasteiger partial charge in [-0.15, -0.1) is 12.4 Å². The van der Waals surface area contributed by atoms with Crippen molar-refractivity contribution in [2.75, 3.05) is 25.0 Å². The van der Waals surface area contributed by atoms with Gasteiger partial charge in [0.15, 0.2) is 5.76 Å². The Labute approximate surface area is 147 Å². The van der Waals surface area contributed by atoms with E-state index in [4.69, 9.17) is 10.2 Å². The molecule has 130 valence electrons. The van der Waals surface area contributed by atoms with E-state index in [1.54, 1.807) is 43.4 Å². The van der Waals surface area contributed by atoms with Gasteiger partial charge in [0.05, 0.1) is 17.5 Å². The van der Waals surface area contributed by atoms with E-state index in [1.807, 2.05) is 6.92 Å². The quantitative estimate of drug-likeness (QED) is 0.835. The van der Waals surface area contributed by atoms with Gasteiger partial charge in [0.2, 0.25) is 0 Å². The summed E-state index contributed by atoms with van der Waals surface area (Å²) in [6.45, 7) is 2.94. The molecule has 0 fully saturated rings. The number of amides is 2. The monoisotopic (exact) mass is 351 g/mol. The number of carbonyl (C=O) groups is 2.